The molecule has 2 saturated heterocycles. The molecule has 0 spiro atoms. The fourth-order valence-electron chi connectivity index (χ4n) is 10.1. The molecule has 3 fully saturated rings. The van der Waals surface area contributed by atoms with E-state index in [2.05, 4.69) is 10.3 Å². The minimum Gasteiger partial charge on any atom is -0.484 e. The molecule has 4 aliphatic rings. The number of hydrogen-bond donors (Lipinski definition) is 3. The van der Waals surface area contributed by atoms with Crippen molar-refractivity contribution in [3.05, 3.63) is 102 Å². The Kier molecular flexibility index (Phi) is 12.2. The molecule has 3 aromatic heterocycles. The lowest BCUT2D eigenvalue weighted by molar-refractivity contribution is -0.140. The molecule has 10 rings (SSSR count). The number of halogens is 3. The number of nitrogen functional groups attached to an aromatic ring is 1. The number of amides is 5. The van der Waals surface area contributed by atoms with Crippen LogP contribution in [0, 0.1) is 11.7 Å². The van der Waals surface area contributed by atoms with E-state index in [1.807, 2.05) is 32.4 Å². The van der Waals surface area contributed by atoms with Crippen LogP contribution in [0.2, 0.25) is 0 Å². The van der Waals surface area contributed by atoms with E-state index < -0.39 is 57.4 Å². The van der Waals surface area contributed by atoms with Gasteiger partial charge >= 0.3 is 5.76 Å². The maximum absolute atomic E-state index is 13.7. The number of alkyl halides is 2. The van der Waals surface area contributed by atoms with Gasteiger partial charge in [-0.2, -0.15) is 19.0 Å². The minimum atomic E-state index is -5.08. The van der Waals surface area contributed by atoms with Gasteiger partial charge in [-0.3, -0.25) is 48.3 Å². The third-order valence-corrected chi connectivity index (χ3v) is 15.2. The lowest BCUT2D eigenvalue weighted by atomic mass is 9.78. The number of carbonyl (C=O) groups is 5. The molecule has 72 heavy (non-hydrogen) atoms. The second-order valence-electron chi connectivity index (χ2n) is 18.6. The SMILES string of the molecule is C[C@H](Oc1cc(-c2nn(C)c3c(-c4cnn(C5CCN(C(=O)[C@H]6C[C@H](N(C)c7ccc8c(c7)C(=O)N(C7CCC(=O)NC7=O)C8=O)C6)CC5)c4)cnc(N)c23)ccc1NS(=O)(=O)C(F)F)c1ccc(F)cc1. The first-order chi connectivity index (χ1) is 34.4. The van der Waals surface area contributed by atoms with Crippen molar-refractivity contribution in [1.29, 1.82) is 0 Å². The molecule has 1 saturated carbocycles. The van der Waals surface area contributed by atoms with E-state index >= 15 is 0 Å². The number of aromatic nitrogens is 5. The molecule has 5 amide bonds. The molecule has 0 bridgehead atoms. The molecule has 23 heteroatoms. The number of aryl methyl sites for hydroxylation is 1. The van der Waals surface area contributed by atoms with Gasteiger partial charge in [0, 0.05) is 80.3 Å². The van der Waals surface area contributed by atoms with Crippen molar-refractivity contribution in [1.82, 2.24) is 39.7 Å². The van der Waals surface area contributed by atoms with Crippen LogP contribution in [0.1, 0.15) is 83.9 Å². The van der Waals surface area contributed by atoms with Crippen LogP contribution in [0.3, 0.4) is 0 Å². The third kappa shape index (κ3) is 8.63. The molecular formula is C49H48F3N11O8S. The van der Waals surface area contributed by atoms with E-state index in [4.69, 9.17) is 20.7 Å². The van der Waals surface area contributed by atoms with Crippen molar-refractivity contribution in [2.24, 2.45) is 13.0 Å². The van der Waals surface area contributed by atoms with Gasteiger partial charge in [0.15, 0.2) is 0 Å². The Morgan fingerprint density at radius 3 is 2.36 bits per heavy atom. The Bertz CT molecular complexity index is 3320. The highest BCUT2D eigenvalue weighted by molar-refractivity contribution is 7.93. The first-order valence-corrected chi connectivity index (χ1v) is 24.8. The Hall–Kier alpha value is -7.82. The van der Waals surface area contributed by atoms with E-state index in [1.165, 1.54) is 42.5 Å². The number of hydrogen-bond acceptors (Lipinski definition) is 13. The first kappa shape index (κ1) is 47.8. The molecule has 1 aliphatic carbocycles. The van der Waals surface area contributed by atoms with Crippen LogP contribution in [0.4, 0.5) is 30.4 Å². The number of likely N-dealkylation sites (tertiary alicyclic amines) is 1. The van der Waals surface area contributed by atoms with Gasteiger partial charge in [0.1, 0.15) is 35.2 Å². The van der Waals surface area contributed by atoms with Crippen LogP contribution in [0.15, 0.2) is 79.3 Å². The Morgan fingerprint density at radius 1 is 0.931 bits per heavy atom. The van der Waals surface area contributed by atoms with Gasteiger partial charge in [0.05, 0.1) is 40.0 Å². The molecule has 6 aromatic rings. The van der Waals surface area contributed by atoms with E-state index in [0.29, 0.717) is 77.7 Å². The number of sulfonamides is 1. The summed E-state index contributed by atoms with van der Waals surface area (Å²) in [5, 5.41) is 12.2. The summed E-state index contributed by atoms with van der Waals surface area (Å²) in [6.07, 6.45) is 7.16. The Balaban J connectivity index is 0.796. The number of nitrogens with one attached hydrogen (secondary N) is 2. The molecule has 2 atom stereocenters. The number of ether oxygens (including phenoxy) is 1. The number of nitrogens with zero attached hydrogens (tertiary/aromatic N) is 8. The lowest BCUT2D eigenvalue weighted by Gasteiger charge is -2.44. The number of imide groups is 2. The maximum atomic E-state index is 13.7. The zero-order chi connectivity index (χ0) is 50.9. The number of carbonyl (C=O) groups excluding carboxylic acids is 5. The van der Waals surface area contributed by atoms with Crippen LogP contribution in [-0.4, -0.2) is 110 Å². The van der Waals surface area contributed by atoms with Crippen LogP contribution < -0.4 is 25.4 Å². The highest BCUT2D eigenvalue weighted by Crippen LogP contribution is 2.42. The van der Waals surface area contributed by atoms with Crippen LogP contribution in [0.25, 0.3) is 33.3 Å². The fraction of sp³-hybridized carbons (Fsp3) is 0.347. The standard InChI is InChI=1S/C49H48F3N11O8S/c1-25(26-4-7-30(50)8-5-26)71-39-20-27(6-11-37(39)58-72(69,70)49(51)52)42-41-43(60(3)57-42)36(23-54-44(41)53)29-22-55-62(24-29)31-14-16-61(17-15-31)46(66)28-18-33(19-28)59(2)32-9-10-34-35(21-32)48(68)63(47(34)67)38-12-13-40(64)56-45(38)65/h4-11,20-25,28,31,33,38,49,58H,12-19H2,1-3H3,(H2,53,54)(H,56,64,65)/t25-,28-,33-,38?/m0/s1. The predicted octanol–water partition coefficient (Wildman–Crippen LogP) is 5.80. The Morgan fingerprint density at radius 2 is 1.65 bits per heavy atom. The number of benzene rings is 3. The number of rotatable bonds is 13. The second kappa shape index (κ2) is 18.4. The average Bonchev–Trinajstić information content (AvgIpc) is 4.04. The van der Waals surface area contributed by atoms with Crippen LogP contribution in [-0.2, 0) is 31.5 Å². The summed E-state index contributed by atoms with van der Waals surface area (Å²) in [7, 11) is -1.47. The zero-order valence-corrected chi connectivity index (χ0v) is 39.9. The largest absolute Gasteiger partial charge is 0.484 e. The quantitative estimate of drug-likeness (QED) is 0.116. The van der Waals surface area contributed by atoms with Crippen LogP contribution >= 0.6 is 0 Å². The van der Waals surface area contributed by atoms with Gasteiger partial charge in [0.2, 0.25) is 17.7 Å². The van der Waals surface area contributed by atoms with E-state index in [1.54, 1.807) is 49.2 Å². The summed E-state index contributed by atoms with van der Waals surface area (Å²) in [4.78, 5) is 73.9. The summed E-state index contributed by atoms with van der Waals surface area (Å²) in [5.41, 5.74) is 10.7. The predicted molar refractivity (Wildman–Crippen MR) is 256 cm³/mol. The van der Waals surface area contributed by atoms with Gasteiger partial charge in [-0.1, -0.05) is 18.2 Å². The molecule has 0 radical (unpaired) electrons. The topological polar surface area (TPSA) is 237 Å². The van der Waals surface area contributed by atoms with E-state index in [0.717, 1.165) is 10.5 Å². The maximum Gasteiger partial charge on any atom is 0.355 e. The van der Waals surface area contributed by atoms with Gasteiger partial charge in [-0.25, -0.2) is 17.8 Å². The molecular weight excluding hydrogens is 960 g/mol. The van der Waals surface area contributed by atoms with Crippen molar-refractivity contribution < 1.29 is 50.3 Å². The normalized spacial score (nSPS) is 19.9. The molecule has 3 aliphatic heterocycles. The number of nitrogens with two attached hydrogens (primary N) is 1. The van der Waals surface area contributed by atoms with Gasteiger partial charge < -0.3 is 20.3 Å². The molecule has 4 N–H and O–H groups in total. The molecule has 6 heterocycles. The van der Waals surface area contributed by atoms with Gasteiger partial charge in [-0.15, -0.1) is 0 Å². The fourth-order valence-corrected chi connectivity index (χ4v) is 10.6. The van der Waals surface area contributed by atoms with Crippen molar-refractivity contribution in [3.8, 4) is 28.1 Å². The Labute approximate surface area is 410 Å². The molecule has 374 valence electrons. The highest BCUT2D eigenvalue weighted by Gasteiger charge is 2.46. The third-order valence-electron chi connectivity index (χ3n) is 14.2. The zero-order valence-electron chi connectivity index (χ0n) is 39.1. The highest BCUT2D eigenvalue weighted by atomic mass is 32.2. The summed E-state index contributed by atoms with van der Waals surface area (Å²) < 4.78 is 76.8. The smallest absolute Gasteiger partial charge is 0.355 e. The van der Waals surface area contributed by atoms with Crippen molar-refractivity contribution in [2.75, 3.05) is 35.5 Å². The average molecular weight is 1010 g/mol. The lowest BCUT2D eigenvalue weighted by Crippen LogP contribution is -2.54. The minimum absolute atomic E-state index is 0.000512. The summed E-state index contributed by atoms with van der Waals surface area (Å²) >= 11 is 0. The molecule has 1 unspecified atom stereocenters. The van der Waals surface area contributed by atoms with Crippen molar-refractivity contribution >= 4 is 67.7 Å². The van der Waals surface area contributed by atoms with E-state index in [-0.39, 0.29) is 65.1 Å². The number of pyridine rings is 1. The molecule has 3 aromatic carbocycles. The number of anilines is 3. The van der Waals surface area contributed by atoms with Gasteiger partial charge in [0.25, 0.3) is 21.8 Å². The van der Waals surface area contributed by atoms with E-state index in [9.17, 15) is 45.6 Å². The monoisotopic (exact) mass is 1010 g/mol. The summed E-state index contributed by atoms with van der Waals surface area (Å²) in [6.45, 7) is 2.72. The molecule has 19 nitrogen and oxygen atoms in total. The second-order valence-corrected chi connectivity index (χ2v) is 20.2. The van der Waals surface area contributed by atoms with Gasteiger partial charge in [-0.05, 0) is 87.1 Å². The number of fused-ring (bicyclic) bond motifs is 2. The first-order valence-electron chi connectivity index (χ1n) is 23.3. The van der Waals surface area contributed by atoms with Crippen LogP contribution in [0.5, 0.6) is 5.75 Å². The number of piperidine rings is 2. The van der Waals surface area contributed by atoms with Crippen molar-refractivity contribution in [3.63, 3.8) is 0 Å². The summed E-state index contributed by atoms with van der Waals surface area (Å²) in [6, 6.07) is 13.7. The van der Waals surface area contributed by atoms with Crippen molar-refractivity contribution in [2.45, 2.75) is 75.4 Å². The summed E-state index contributed by atoms with van der Waals surface area (Å²) in [5.74, 6) is -6.47.